The molecule has 172 valence electrons. The minimum Gasteiger partial charge on any atom is -0.444 e. The lowest BCUT2D eigenvalue weighted by Crippen LogP contribution is -2.45. The van der Waals surface area contributed by atoms with Gasteiger partial charge < -0.3 is 19.9 Å². The maximum Gasteiger partial charge on any atom is 0.410 e. The van der Waals surface area contributed by atoms with Gasteiger partial charge in [-0.2, -0.15) is 0 Å². The van der Waals surface area contributed by atoms with E-state index >= 15 is 0 Å². The number of benzene rings is 1. The quantitative estimate of drug-likeness (QED) is 0.719. The lowest BCUT2D eigenvalue weighted by atomic mass is 9.97. The van der Waals surface area contributed by atoms with Gasteiger partial charge in [0.15, 0.2) is 13.1 Å². The van der Waals surface area contributed by atoms with Gasteiger partial charge in [0.2, 0.25) is 5.91 Å². The van der Waals surface area contributed by atoms with E-state index in [2.05, 4.69) is 39.2 Å². The fourth-order valence-electron chi connectivity index (χ4n) is 5.20. The van der Waals surface area contributed by atoms with Crippen molar-refractivity contribution in [2.24, 2.45) is 5.92 Å². The van der Waals surface area contributed by atoms with Crippen LogP contribution in [0.1, 0.15) is 52.0 Å². The van der Waals surface area contributed by atoms with E-state index in [1.165, 1.54) is 11.3 Å². The molecule has 5 rings (SSSR count). The van der Waals surface area contributed by atoms with E-state index in [9.17, 15) is 9.59 Å². The van der Waals surface area contributed by atoms with E-state index in [1.54, 1.807) is 0 Å². The molecule has 0 bridgehead atoms. The number of rotatable bonds is 2. The number of fused-ring (bicyclic) bond motifs is 2. The van der Waals surface area contributed by atoms with Crippen molar-refractivity contribution in [3.63, 3.8) is 0 Å². The number of hydrogen-bond acceptors (Lipinski definition) is 4. The first kappa shape index (κ1) is 21.3. The number of amides is 2. The van der Waals surface area contributed by atoms with Crippen molar-refractivity contribution in [1.29, 1.82) is 0 Å². The van der Waals surface area contributed by atoms with Crippen LogP contribution in [-0.2, 0) is 14.9 Å². The third-order valence-corrected chi connectivity index (χ3v) is 7.24. The van der Waals surface area contributed by atoms with E-state index < -0.39 is 5.60 Å². The van der Waals surface area contributed by atoms with Crippen LogP contribution in [0.3, 0.4) is 0 Å². The highest BCUT2D eigenvalue weighted by Gasteiger charge is 2.56. The Kier molecular flexibility index (Phi) is 5.18. The number of nitrogens with one attached hydrogen (secondary N) is 1. The number of piperidine rings is 1. The van der Waals surface area contributed by atoms with Crippen molar-refractivity contribution in [3.8, 4) is 0 Å². The Hall–Kier alpha value is -2.57. The molecule has 0 unspecified atom stereocenters. The molecule has 1 saturated carbocycles. The smallest absolute Gasteiger partial charge is 0.410 e. The zero-order chi connectivity index (χ0) is 22.5. The van der Waals surface area contributed by atoms with Crippen molar-refractivity contribution in [3.05, 3.63) is 23.8 Å². The molecule has 2 amide bonds. The van der Waals surface area contributed by atoms with Crippen molar-refractivity contribution in [1.82, 2.24) is 4.90 Å². The van der Waals surface area contributed by atoms with E-state index in [1.807, 2.05) is 25.7 Å². The van der Waals surface area contributed by atoms with Crippen LogP contribution in [0.4, 0.5) is 16.2 Å². The highest BCUT2D eigenvalue weighted by atomic mass is 16.6. The summed E-state index contributed by atoms with van der Waals surface area (Å²) in [4.78, 5) is 28.8. The predicted octanol–water partition coefficient (Wildman–Crippen LogP) is 3.22. The number of piperazine rings is 1. The van der Waals surface area contributed by atoms with Crippen LogP contribution in [0.15, 0.2) is 18.2 Å². The predicted molar refractivity (Wildman–Crippen MR) is 125 cm³/mol. The molecule has 1 aliphatic carbocycles. The molecule has 7 nitrogen and oxygen atoms in total. The number of ether oxygens (including phenoxy) is 1. The number of hydrogen-bond donors (Lipinski definition) is 1. The fraction of sp³-hybridized carbons (Fsp3) is 0.640. The monoisotopic (exact) mass is 439 g/mol. The molecule has 1 aromatic rings. The fourth-order valence-corrected chi connectivity index (χ4v) is 5.20. The van der Waals surface area contributed by atoms with Crippen molar-refractivity contribution >= 4 is 29.6 Å². The molecule has 0 atom stereocenters. The molecule has 32 heavy (non-hydrogen) atoms. The van der Waals surface area contributed by atoms with Crippen LogP contribution in [0.25, 0.3) is 0 Å². The maximum absolute atomic E-state index is 12.3. The molecular formula is C25H35N4O3+. The van der Waals surface area contributed by atoms with E-state index in [0.717, 1.165) is 70.6 Å². The van der Waals surface area contributed by atoms with Gasteiger partial charge in [0.05, 0.1) is 18.5 Å². The molecule has 1 N–H and O–H groups in total. The molecule has 3 aliphatic heterocycles. The summed E-state index contributed by atoms with van der Waals surface area (Å²) in [7, 11) is 0. The van der Waals surface area contributed by atoms with E-state index in [4.69, 9.17) is 4.74 Å². The molecule has 4 aliphatic rings. The van der Waals surface area contributed by atoms with Gasteiger partial charge in [0, 0.05) is 30.4 Å². The Bertz CT molecular complexity index is 942. The Morgan fingerprint density at radius 2 is 1.84 bits per heavy atom. The van der Waals surface area contributed by atoms with Crippen molar-refractivity contribution in [2.75, 3.05) is 49.5 Å². The summed E-state index contributed by atoms with van der Waals surface area (Å²) in [5.41, 5.74) is 2.77. The summed E-state index contributed by atoms with van der Waals surface area (Å²) in [5.74, 6) is 0.703. The Balaban J connectivity index is 1.14. The summed E-state index contributed by atoms with van der Waals surface area (Å²) in [6.45, 7) is 11.2. The molecule has 3 fully saturated rings. The van der Waals surface area contributed by atoms with Crippen LogP contribution < -0.4 is 10.2 Å². The average molecular weight is 440 g/mol. The Morgan fingerprint density at radius 1 is 1.16 bits per heavy atom. The molecule has 0 radical (unpaired) electrons. The lowest BCUT2D eigenvalue weighted by Gasteiger charge is -2.32. The van der Waals surface area contributed by atoms with Gasteiger partial charge in [-0.3, -0.25) is 4.79 Å². The standard InChI is InChI=1S/C25H34N4O3/c1-24(2,3)32-23(31)29-10-6-18(7-11-29)17-27-12-14-28(15-13-27)19-4-5-21-20(16-19)25(8-9-25)22(30)26-21/h4-5,16-18H,6-15H2,1-3H3/p+1. The third kappa shape index (κ3) is 4.09. The topological polar surface area (TPSA) is 64.9 Å². The first-order valence-corrected chi connectivity index (χ1v) is 12.0. The van der Waals surface area contributed by atoms with Crippen molar-refractivity contribution in [2.45, 2.75) is 57.5 Å². The SMILES string of the molecule is CC(C)(C)OC(=O)N1CCC(C=[N+]2CCN(c3ccc4c(c3)C3(CC3)C(=O)N4)CC2)CC1. The zero-order valence-electron chi connectivity index (χ0n) is 19.5. The summed E-state index contributed by atoms with van der Waals surface area (Å²) >= 11 is 0. The first-order valence-electron chi connectivity index (χ1n) is 12.0. The van der Waals surface area contributed by atoms with Crippen LogP contribution in [0.2, 0.25) is 0 Å². The maximum atomic E-state index is 12.3. The average Bonchev–Trinajstić information content (AvgIpc) is 3.51. The van der Waals surface area contributed by atoms with Gasteiger partial charge in [-0.1, -0.05) is 0 Å². The molecular weight excluding hydrogens is 404 g/mol. The minimum atomic E-state index is -0.441. The Morgan fingerprint density at radius 3 is 2.47 bits per heavy atom. The van der Waals surface area contributed by atoms with Gasteiger partial charge in [-0.15, -0.1) is 0 Å². The second kappa shape index (κ2) is 7.78. The van der Waals surface area contributed by atoms with Gasteiger partial charge in [-0.05, 0) is 70.2 Å². The molecule has 3 heterocycles. The Labute approximate surface area is 190 Å². The molecule has 0 aromatic heterocycles. The number of anilines is 2. The van der Waals surface area contributed by atoms with Gasteiger partial charge in [-0.25, -0.2) is 9.37 Å². The largest absolute Gasteiger partial charge is 0.444 e. The highest BCUT2D eigenvalue weighted by molar-refractivity contribution is 6.08. The van der Waals surface area contributed by atoms with Gasteiger partial charge in [0.25, 0.3) is 0 Å². The van der Waals surface area contributed by atoms with Crippen LogP contribution >= 0.6 is 0 Å². The summed E-state index contributed by atoms with van der Waals surface area (Å²) < 4.78 is 7.95. The molecule has 7 heteroatoms. The van der Waals surface area contributed by atoms with Crippen molar-refractivity contribution < 1.29 is 18.9 Å². The normalized spacial score (nSPS) is 22.6. The highest BCUT2D eigenvalue weighted by Crippen LogP contribution is 2.55. The molecule has 1 spiro atoms. The van der Waals surface area contributed by atoms with Gasteiger partial charge >= 0.3 is 6.09 Å². The lowest BCUT2D eigenvalue weighted by molar-refractivity contribution is -0.527. The van der Waals surface area contributed by atoms with E-state index in [0.29, 0.717) is 5.92 Å². The van der Waals surface area contributed by atoms with E-state index in [-0.39, 0.29) is 17.4 Å². The number of nitrogens with zero attached hydrogens (tertiary/aromatic N) is 3. The summed E-state index contributed by atoms with van der Waals surface area (Å²) in [5, 5.41) is 3.05. The second-order valence-corrected chi connectivity index (χ2v) is 10.7. The minimum absolute atomic E-state index is 0.182. The molecule has 1 aromatic carbocycles. The number of likely N-dealkylation sites (tertiary alicyclic amines) is 1. The van der Waals surface area contributed by atoms with Crippen LogP contribution in [0.5, 0.6) is 0 Å². The third-order valence-electron chi connectivity index (χ3n) is 7.24. The number of carbonyl (C=O) groups excluding carboxylic acids is 2. The van der Waals surface area contributed by atoms with Gasteiger partial charge in [0.1, 0.15) is 11.8 Å². The zero-order valence-corrected chi connectivity index (χ0v) is 19.5. The van der Waals surface area contributed by atoms with Crippen LogP contribution in [-0.4, -0.2) is 72.6 Å². The summed E-state index contributed by atoms with van der Waals surface area (Å²) in [6.07, 6.45) is 6.15. The van der Waals surface area contributed by atoms with Crippen LogP contribution in [0, 0.1) is 5.92 Å². The second-order valence-electron chi connectivity index (χ2n) is 10.7. The number of carbonyl (C=O) groups is 2. The first-order chi connectivity index (χ1) is 15.2. The molecule has 2 saturated heterocycles. The summed E-state index contributed by atoms with van der Waals surface area (Å²) in [6, 6.07) is 6.46.